The van der Waals surface area contributed by atoms with Gasteiger partial charge < -0.3 is 116 Å². The Morgan fingerprint density at radius 3 is 1.05 bits per heavy atom. The fourth-order valence-electron chi connectivity index (χ4n) is 10.0. The number of H-pyrrole nitrogens is 1. The molecule has 102 heavy (non-hydrogen) atoms. The number of carboxylic acid groups (broad SMARTS) is 3. The van der Waals surface area contributed by atoms with Crippen molar-refractivity contribution in [1.29, 1.82) is 5.41 Å². The quantitative estimate of drug-likeness (QED) is 0.0111. The fraction of sp³-hybridized carbons (Fsp3) is 0.438. The number of aliphatic hydroxyl groups is 4. The van der Waals surface area contributed by atoms with E-state index in [4.69, 9.17) is 16.9 Å². The number of aromatic nitrogens is 1. The molecule has 0 aliphatic carbocycles. The van der Waals surface area contributed by atoms with Crippen molar-refractivity contribution >= 4 is 106 Å². The number of para-hydroxylation sites is 1. The molecule has 3 aromatic carbocycles. The molecule has 12 amide bonds. The fourth-order valence-corrected chi connectivity index (χ4v) is 10.0. The molecule has 11 atom stereocenters. The van der Waals surface area contributed by atoms with Crippen molar-refractivity contribution in [3.8, 4) is 0 Å². The Kier molecular flexibility index (Phi) is 34.4. The Hall–Kier alpha value is -11.6. The highest BCUT2D eigenvalue weighted by Crippen LogP contribution is 2.20. The van der Waals surface area contributed by atoms with Crippen LogP contribution in [0.5, 0.6) is 0 Å². The number of aliphatic carboxylic acids is 3. The zero-order valence-electron chi connectivity index (χ0n) is 55.2. The van der Waals surface area contributed by atoms with Crippen LogP contribution in [0.1, 0.15) is 75.0 Å². The van der Waals surface area contributed by atoms with Crippen molar-refractivity contribution in [2.75, 3.05) is 33.0 Å². The van der Waals surface area contributed by atoms with Gasteiger partial charge in [-0.2, -0.15) is 0 Å². The summed E-state index contributed by atoms with van der Waals surface area (Å²) in [5.74, 6) is -18.6. The van der Waals surface area contributed by atoms with E-state index in [0.29, 0.717) is 27.6 Å². The molecule has 0 fully saturated rings. The van der Waals surface area contributed by atoms with Gasteiger partial charge in [0.15, 0.2) is 5.96 Å². The first kappa shape index (κ1) is 82.8. The van der Waals surface area contributed by atoms with Crippen molar-refractivity contribution in [2.24, 2.45) is 11.5 Å². The molecule has 4 rings (SSSR count). The number of hydrogen-bond donors (Lipinski definition) is 23. The van der Waals surface area contributed by atoms with E-state index in [-0.39, 0.29) is 25.8 Å². The van der Waals surface area contributed by atoms with Gasteiger partial charge in [-0.05, 0) is 54.9 Å². The lowest BCUT2D eigenvalue weighted by Gasteiger charge is -2.28. The minimum atomic E-state index is -1.91. The van der Waals surface area contributed by atoms with Gasteiger partial charge in [-0.3, -0.25) is 77.3 Å². The Morgan fingerprint density at radius 2 is 0.696 bits per heavy atom. The largest absolute Gasteiger partial charge is 0.481 e. The molecule has 0 unspecified atom stereocenters. The van der Waals surface area contributed by atoms with Crippen LogP contribution >= 0.6 is 0 Å². The zero-order chi connectivity index (χ0) is 75.6. The molecule has 554 valence electrons. The van der Waals surface area contributed by atoms with Gasteiger partial charge in [-0.25, -0.2) is 0 Å². The van der Waals surface area contributed by atoms with Crippen molar-refractivity contribution in [2.45, 2.75) is 144 Å². The first-order valence-electron chi connectivity index (χ1n) is 31.9. The molecule has 38 heteroatoms. The minimum Gasteiger partial charge on any atom is -0.481 e. The summed E-state index contributed by atoms with van der Waals surface area (Å²) in [7, 11) is 0. The second-order valence-corrected chi connectivity index (χ2v) is 23.2. The number of hydrogen-bond acceptors (Lipinski definition) is 20. The van der Waals surface area contributed by atoms with Crippen LogP contribution in [0.4, 0.5) is 0 Å². The van der Waals surface area contributed by atoms with E-state index in [1.807, 2.05) is 5.32 Å². The van der Waals surface area contributed by atoms with E-state index in [9.17, 15) is 108 Å². The number of nitrogens with one attached hydrogen (secondary N) is 14. The van der Waals surface area contributed by atoms with Crippen LogP contribution < -0.4 is 75.3 Å². The van der Waals surface area contributed by atoms with Crippen molar-refractivity contribution < 1.29 is 108 Å². The summed E-state index contributed by atoms with van der Waals surface area (Å²) in [6, 6.07) is 2.94. The lowest BCUT2D eigenvalue weighted by molar-refractivity contribution is -0.139. The Morgan fingerprint density at radius 1 is 0.392 bits per heavy atom. The Bertz CT molecular complexity index is 3600. The van der Waals surface area contributed by atoms with Crippen LogP contribution in [0.3, 0.4) is 0 Å². The van der Waals surface area contributed by atoms with E-state index in [2.05, 4.69) is 63.5 Å². The zero-order valence-corrected chi connectivity index (χ0v) is 55.2. The van der Waals surface area contributed by atoms with Gasteiger partial charge in [0, 0.05) is 69.1 Å². The molecule has 0 bridgehead atoms. The lowest BCUT2D eigenvalue weighted by atomic mass is 10.0. The number of rotatable bonds is 45. The monoisotopic (exact) mass is 1430 g/mol. The first-order chi connectivity index (χ1) is 48.5. The summed E-state index contributed by atoms with van der Waals surface area (Å²) >= 11 is 0. The predicted molar refractivity (Wildman–Crippen MR) is 357 cm³/mol. The van der Waals surface area contributed by atoms with Gasteiger partial charge in [0.25, 0.3) is 0 Å². The SMILES string of the molecule is CC(=O)N[C@@H](CO)C(=O)N[C@@H](CO)C(=O)N[C@@H](CCCNC(=N)N)C(=O)N[C@@H](Cc1ccccc1)C(=O)N[C@@H](CCC(=O)O)C(=O)N[C@@H](Cc1c[nH]c2ccccc12)C(=O)N[C@@H](CCC(=O)O)C(=O)N[C@@H](Cc1ccccc1)C(=O)N[C@@H](CCC(=O)O)C(=O)N[C@@H](CO)C(=O)N[C@@H](CO)C(N)=O. The van der Waals surface area contributed by atoms with Crippen molar-refractivity contribution in [3.63, 3.8) is 0 Å². The van der Waals surface area contributed by atoms with Crippen LogP contribution in [0.25, 0.3) is 10.9 Å². The minimum absolute atomic E-state index is 0.00369. The molecule has 0 saturated carbocycles. The maximum Gasteiger partial charge on any atom is 0.303 e. The summed E-state index contributed by atoms with van der Waals surface area (Å²) in [4.78, 5) is 204. The number of amides is 12. The lowest BCUT2D eigenvalue weighted by Crippen LogP contribution is -2.61. The molecule has 0 saturated heterocycles. The molecule has 0 spiro atoms. The van der Waals surface area contributed by atoms with E-state index in [0.717, 1.165) is 6.92 Å². The van der Waals surface area contributed by atoms with Crippen molar-refractivity contribution in [3.05, 3.63) is 108 Å². The third-order valence-corrected chi connectivity index (χ3v) is 15.4. The third-order valence-electron chi connectivity index (χ3n) is 15.4. The number of carbonyl (C=O) groups is 15. The molecule has 4 aromatic rings. The Balaban J connectivity index is 1.74. The standard InChI is InChI=1S/C64H86N16O22/c1-33(85)70-47(30-82)61(100)80-48(31-83)62(101)71-39(17-10-24-68-64(66)67)54(93)75-43(25-34-11-4-2-5-12-34)58(97)72-41(19-22-51(88)89)56(95)77-45(27-36-28-69-38-16-9-8-15-37(36)38)60(99)74-40(18-21-50(86)87)55(94)76-44(26-35-13-6-3-7-14-35)59(98)73-42(20-23-52(90)91)57(96)79-49(32-84)63(102)78-46(29-81)53(65)92/h2-9,11-16,28,39-49,69,81-84H,10,17-27,29-32H2,1H3,(H2,65,92)(H,70,85)(H,71,101)(H,72,97)(H,73,98)(H,74,99)(H,75,93)(H,76,94)(H,77,95)(H,78,102)(H,79,96)(H,80,100)(H,86,87)(H,88,89)(H,90,91)(H4,66,67,68)/t39-,40-,41-,42-,43-,44-,45-,46-,47-,48-,49-/m0/s1. The highest BCUT2D eigenvalue weighted by Gasteiger charge is 2.37. The smallest absolute Gasteiger partial charge is 0.303 e. The van der Waals surface area contributed by atoms with Crippen LogP contribution in [0.2, 0.25) is 0 Å². The number of fused-ring (bicyclic) bond motifs is 1. The summed E-state index contributed by atoms with van der Waals surface area (Å²) < 4.78 is 0. The van der Waals surface area contributed by atoms with E-state index in [1.165, 1.54) is 18.3 Å². The molecular weight excluding hydrogens is 1340 g/mol. The average Bonchev–Trinajstić information content (AvgIpc) is 1.70. The predicted octanol–water partition coefficient (Wildman–Crippen LogP) is -7.14. The maximum absolute atomic E-state index is 15.0. The number of carboxylic acids is 3. The highest BCUT2D eigenvalue weighted by molar-refractivity contribution is 6.00. The molecule has 1 heterocycles. The number of guanidine groups is 1. The average molecular weight is 1430 g/mol. The first-order valence-corrected chi connectivity index (χ1v) is 31.9. The number of carbonyl (C=O) groups excluding carboxylic acids is 12. The maximum atomic E-state index is 15.0. The molecule has 1 aromatic heterocycles. The molecule has 25 N–H and O–H groups in total. The number of aromatic amines is 1. The Labute approximate surface area is 581 Å². The van der Waals surface area contributed by atoms with Gasteiger partial charge in [0.2, 0.25) is 70.9 Å². The second kappa shape index (κ2) is 42.3. The van der Waals surface area contributed by atoms with Gasteiger partial charge in [0.1, 0.15) is 66.5 Å². The third kappa shape index (κ3) is 28.3. The normalized spacial score (nSPS) is 14.2. The van der Waals surface area contributed by atoms with Gasteiger partial charge in [-0.1, -0.05) is 78.9 Å². The highest BCUT2D eigenvalue weighted by atomic mass is 16.4. The number of benzene rings is 3. The number of nitrogens with two attached hydrogens (primary N) is 2. The van der Waals surface area contributed by atoms with E-state index in [1.54, 1.807) is 72.8 Å². The summed E-state index contributed by atoms with van der Waals surface area (Å²) in [6.45, 7) is -3.09. The molecule has 0 aliphatic heterocycles. The van der Waals surface area contributed by atoms with E-state index < -0.39 is 239 Å². The van der Waals surface area contributed by atoms with Crippen LogP contribution in [0.15, 0.2) is 91.1 Å². The van der Waals surface area contributed by atoms with Gasteiger partial charge in [0.05, 0.1) is 26.4 Å². The molecule has 0 radical (unpaired) electrons. The summed E-state index contributed by atoms with van der Waals surface area (Å²) in [5, 5.41) is 105. The molecule has 38 nitrogen and oxygen atoms in total. The second-order valence-electron chi connectivity index (χ2n) is 23.2. The van der Waals surface area contributed by atoms with E-state index >= 15 is 0 Å². The number of aliphatic hydroxyl groups excluding tert-OH is 4. The molecular formula is C64H86N16O22. The van der Waals surface area contributed by atoms with Crippen LogP contribution in [-0.2, 0) is 91.2 Å². The summed E-state index contributed by atoms with van der Waals surface area (Å²) in [6.07, 6.45) is -4.50. The summed E-state index contributed by atoms with van der Waals surface area (Å²) in [5.41, 5.74) is 12.3. The van der Waals surface area contributed by atoms with Crippen LogP contribution in [0, 0.1) is 5.41 Å². The molecule has 0 aliphatic rings. The van der Waals surface area contributed by atoms with Crippen molar-refractivity contribution in [1.82, 2.24) is 68.8 Å². The van der Waals surface area contributed by atoms with Gasteiger partial charge in [-0.15, -0.1) is 0 Å². The topological polar surface area (TPSA) is 634 Å². The van der Waals surface area contributed by atoms with Gasteiger partial charge >= 0.3 is 17.9 Å². The van der Waals surface area contributed by atoms with Crippen LogP contribution in [-0.4, -0.2) is 235 Å². The number of primary amides is 1.